The summed E-state index contributed by atoms with van der Waals surface area (Å²) in [6.45, 7) is 6.37. The van der Waals surface area contributed by atoms with Crippen LogP contribution >= 0.6 is 11.6 Å². The standard InChI is InChI=1S/C20H23ClN6O/c1-11-8-18-22-10-15-16-5-4-14(9-17(15)27(18)23-11)26(16)19(28)6-7-25-13(3)20(21)12(2)24-25/h8,10,14,16H,4-7,9H2,1-3H3/t14-,16-/m1/s1. The fourth-order valence-corrected chi connectivity index (χ4v) is 4.94. The van der Waals surface area contributed by atoms with Crippen LogP contribution in [0.25, 0.3) is 5.65 Å². The maximum Gasteiger partial charge on any atom is 0.225 e. The van der Waals surface area contributed by atoms with Gasteiger partial charge >= 0.3 is 0 Å². The second-order valence-corrected chi connectivity index (χ2v) is 8.30. The zero-order chi connectivity index (χ0) is 19.6. The summed E-state index contributed by atoms with van der Waals surface area (Å²) in [7, 11) is 0. The van der Waals surface area contributed by atoms with E-state index in [9.17, 15) is 4.79 Å². The fraction of sp³-hybridized carbons (Fsp3) is 0.500. The highest BCUT2D eigenvalue weighted by molar-refractivity contribution is 6.31. The molecule has 0 saturated carbocycles. The smallest absolute Gasteiger partial charge is 0.225 e. The number of hydrogen-bond acceptors (Lipinski definition) is 4. The Labute approximate surface area is 168 Å². The zero-order valence-corrected chi connectivity index (χ0v) is 17.1. The van der Waals surface area contributed by atoms with E-state index in [1.165, 1.54) is 5.69 Å². The predicted octanol–water partition coefficient (Wildman–Crippen LogP) is 3.18. The molecule has 0 unspecified atom stereocenters. The monoisotopic (exact) mass is 398 g/mol. The van der Waals surface area contributed by atoms with Crippen molar-refractivity contribution in [1.82, 2.24) is 29.3 Å². The number of fused-ring (bicyclic) bond motifs is 6. The number of aromatic nitrogens is 5. The maximum absolute atomic E-state index is 13.1. The van der Waals surface area contributed by atoms with Gasteiger partial charge in [0.15, 0.2) is 5.65 Å². The van der Waals surface area contributed by atoms with E-state index in [-0.39, 0.29) is 18.0 Å². The molecule has 28 heavy (non-hydrogen) atoms. The molecule has 5 rings (SSSR count). The van der Waals surface area contributed by atoms with Crippen LogP contribution in [0.15, 0.2) is 12.3 Å². The SMILES string of the molecule is Cc1cc2ncc3c(n2n1)C[C@H]1CC[C@H]3N1C(=O)CCn1nc(C)c(Cl)c1C. The van der Waals surface area contributed by atoms with Gasteiger partial charge in [-0.25, -0.2) is 9.50 Å². The van der Waals surface area contributed by atoms with E-state index < -0.39 is 0 Å². The van der Waals surface area contributed by atoms with Gasteiger partial charge in [0, 0.05) is 36.7 Å². The predicted molar refractivity (Wildman–Crippen MR) is 105 cm³/mol. The van der Waals surface area contributed by atoms with E-state index in [0.717, 1.165) is 47.6 Å². The normalized spacial score (nSPS) is 20.8. The number of halogens is 1. The first-order chi connectivity index (χ1) is 13.4. The Morgan fingerprint density at radius 2 is 2.07 bits per heavy atom. The first-order valence-electron chi connectivity index (χ1n) is 9.79. The highest BCUT2D eigenvalue weighted by Gasteiger charge is 2.43. The fourth-order valence-electron chi connectivity index (χ4n) is 4.80. The van der Waals surface area contributed by atoms with Crippen molar-refractivity contribution in [3.05, 3.63) is 45.6 Å². The molecule has 2 atom stereocenters. The summed E-state index contributed by atoms with van der Waals surface area (Å²) in [6.07, 6.45) is 5.22. The van der Waals surface area contributed by atoms with Crippen LogP contribution in [0, 0.1) is 20.8 Å². The quantitative estimate of drug-likeness (QED) is 0.679. The Morgan fingerprint density at radius 3 is 2.82 bits per heavy atom. The van der Waals surface area contributed by atoms with Crippen LogP contribution in [-0.4, -0.2) is 41.2 Å². The first kappa shape index (κ1) is 17.7. The molecule has 0 spiro atoms. The third-order valence-corrected chi connectivity index (χ3v) is 6.69. The van der Waals surface area contributed by atoms with E-state index in [2.05, 4.69) is 20.1 Å². The Bertz CT molecular complexity index is 1100. The molecule has 2 bridgehead atoms. The Kier molecular flexibility index (Phi) is 3.98. The highest BCUT2D eigenvalue weighted by Crippen LogP contribution is 2.43. The van der Waals surface area contributed by atoms with Crippen LogP contribution in [0.2, 0.25) is 5.02 Å². The molecule has 7 nitrogen and oxygen atoms in total. The summed E-state index contributed by atoms with van der Waals surface area (Å²) in [5, 5.41) is 9.75. The summed E-state index contributed by atoms with van der Waals surface area (Å²) in [6, 6.07) is 2.34. The van der Waals surface area contributed by atoms with Crippen molar-refractivity contribution >= 4 is 23.2 Å². The van der Waals surface area contributed by atoms with Crippen LogP contribution in [-0.2, 0) is 17.8 Å². The van der Waals surface area contributed by atoms with E-state index in [1.54, 1.807) is 0 Å². The van der Waals surface area contributed by atoms with E-state index in [0.29, 0.717) is 18.0 Å². The second-order valence-electron chi connectivity index (χ2n) is 7.93. The Morgan fingerprint density at radius 1 is 1.25 bits per heavy atom. The number of hydrogen-bond donors (Lipinski definition) is 0. The third kappa shape index (κ3) is 2.56. The van der Waals surface area contributed by atoms with Gasteiger partial charge < -0.3 is 4.90 Å². The number of carbonyl (C=O) groups is 1. The van der Waals surface area contributed by atoms with E-state index in [1.807, 2.05) is 42.2 Å². The zero-order valence-electron chi connectivity index (χ0n) is 16.3. The Hall–Kier alpha value is -2.41. The largest absolute Gasteiger partial charge is 0.332 e. The minimum absolute atomic E-state index is 0.103. The lowest BCUT2D eigenvalue weighted by Crippen LogP contribution is -2.43. The van der Waals surface area contributed by atoms with E-state index in [4.69, 9.17) is 11.6 Å². The van der Waals surface area contributed by atoms with Gasteiger partial charge in [0.05, 0.1) is 40.4 Å². The lowest BCUT2D eigenvalue weighted by Gasteiger charge is -2.36. The van der Waals surface area contributed by atoms with Crippen LogP contribution in [0.3, 0.4) is 0 Å². The van der Waals surface area contributed by atoms with Gasteiger partial charge in [-0.15, -0.1) is 0 Å². The summed E-state index contributed by atoms with van der Waals surface area (Å²) in [5.74, 6) is 0.179. The minimum atomic E-state index is 0.103. The molecule has 1 fully saturated rings. The van der Waals surface area contributed by atoms with Crippen LogP contribution in [0.5, 0.6) is 0 Å². The summed E-state index contributed by atoms with van der Waals surface area (Å²) >= 11 is 6.23. The molecular formula is C20H23ClN6O. The molecule has 0 aliphatic carbocycles. The number of aryl methyl sites for hydroxylation is 3. The minimum Gasteiger partial charge on any atom is -0.332 e. The molecule has 5 heterocycles. The molecule has 2 aliphatic rings. The summed E-state index contributed by atoms with van der Waals surface area (Å²) in [5.41, 5.74) is 5.93. The molecular weight excluding hydrogens is 376 g/mol. The highest BCUT2D eigenvalue weighted by atomic mass is 35.5. The van der Waals surface area contributed by atoms with Crippen molar-refractivity contribution in [2.75, 3.05) is 0 Å². The van der Waals surface area contributed by atoms with Gasteiger partial charge in [-0.3, -0.25) is 9.48 Å². The Balaban J connectivity index is 1.40. The molecule has 0 aromatic carbocycles. The number of carbonyl (C=O) groups excluding carboxylic acids is 1. The van der Waals surface area contributed by atoms with Crippen molar-refractivity contribution in [1.29, 1.82) is 0 Å². The summed E-state index contributed by atoms with van der Waals surface area (Å²) < 4.78 is 3.81. The van der Waals surface area contributed by atoms with E-state index >= 15 is 0 Å². The van der Waals surface area contributed by atoms with Crippen molar-refractivity contribution in [3.63, 3.8) is 0 Å². The molecule has 8 heteroatoms. The van der Waals surface area contributed by atoms with Crippen LogP contribution < -0.4 is 0 Å². The molecule has 0 N–H and O–H groups in total. The van der Waals surface area contributed by atoms with Crippen molar-refractivity contribution in [2.45, 2.75) is 65.1 Å². The van der Waals surface area contributed by atoms with Gasteiger partial charge in [0.1, 0.15) is 0 Å². The second kappa shape index (κ2) is 6.30. The topological polar surface area (TPSA) is 68.3 Å². The molecule has 1 saturated heterocycles. The molecule has 1 amide bonds. The molecule has 3 aromatic heterocycles. The first-order valence-corrected chi connectivity index (χ1v) is 10.2. The molecule has 146 valence electrons. The molecule has 2 aliphatic heterocycles. The van der Waals surface area contributed by atoms with Crippen LogP contribution in [0.1, 0.15) is 53.6 Å². The van der Waals surface area contributed by atoms with Gasteiger partial charge in [-0.2, -0.15) is 10.2 Å². The lowest BCUT2D eigenvalue weighted by atomic mass is 9.98. The average Bonchev–Trinajstić information content (AvgIpc) is 3.29. The summed E-state index contributed by atoms with van der Waals surface area (Å²) in [4.78, 5) is 19.8. The molecule has 3 aromatic rings. The number of nitrogens with zero attached hydrogens (tertiary/aromatic N) is 6. The number of amides is 1. The van der Waals surface area contributed by atoms with Crippen molar-refractivity contribution in [3.8, 4) is 0 Å². The maximum atomic E-state index is 13.1. The number of rotatable bonds is 3. The van der Waals surface area contributed by atoms with Gasteiger partial charge in [-0.1, -0.05) is 11.6 Å². The van der Waals surface area contributed by atoms with Gasteiger partial charge in [0.2, 0.25) is 5.91 Å². The van der Waals surface area contributed by atoms with Crippen molar-refractivity contribution in [2.24, 2.45) is 0 Å². The van der Waals surface area contributed by atoms with Gasteiger partial charge in [0.25, 0.3) is 0 Å². The van der Waals surface area contributed by atoms with Crippen molar-refractivity contribution < 1.29 is 4.79 Å². The average molecular weight is 399 g/mol. The lowest BCUT2D eigenvalue weighted by molar-refractivity contribution is -0.135. The molecule has 0 radical (unpaired) electrons. The van der Waals surface area contributed by atoms with Gasteiger partial charge in [-0.05, 0) is 33.6 Å². The van der Waals surface area contributed by atoms with Crippen LogP contribution in [0.4, 0.5) is 0 Å². The third-order valence-electron chi connectivity index (χ3n) is 6.15.